The standard InChI is InChI=1S/C12H22N2O3/c15-10-7-9(8-10)14-12(16)3-6-17-11-1-4-13-5-2-11/h9-11,13,15H,1-8H2,(H,14,16). The fourth-order valence-electron chi connectivity index (χ4n) is 2.29. The van der Waals surface area contributed by atoms with Crippen LogP contribution in [0.15, 0.2) is 0 Å². The molecule has 0 aromatic carbocycles. The Kier molecular flexibility index (Phi) is 4.76. The number of amides is 1. The number of hydrogen-bond acceptors (Lipinski definition) is 4. The first-order chi connectivity index (χ1) is 8.24. The van der Waals surface area contributed by atoms with Gasteiger partial charge in [0.1, 0.15) is 0 Å². The molecule has 3 N–H and O–H groups in total. The van der Waals surface area contributed by atoms with Crippen LogP contribution in [0, 0.1) is 0 Å². The second kappa shape index (κ2) is 6.33. The van der Waals surface area contributed by atoms with E-state index in [1.165, 1.54) is 0 Å². The summed E-state index contributed by atoms with van der Waals surface area (Å²) in [5, 5.41) is 15.3. The van der Waals surface area contributed by atoms with Crippen molar-refractivity contribution in [3.05, 3.63) is 0 Å². The highest BCUT2D eigenvalue weighted by Crippen LogP contribution is 2.19. The van der Waals surface area contributed by atoms with Gasteiger partial charge in [-0.25, -0.2) is 0 Å². The molecule has 0 atom stereocenters. The summed E-state index contributed by atoms with van der Waals surface area (Å²) in [6, 6.07) is 0.177. The van der Waals surface area contributed by atoms with Gasteiger partial charge in [0.05, 0.1) is 18.8 Å². The zero-order valence-corrected chi connectivity index (χ0v) is 10.2. The molecule has 1 aliphatic heterocycles. The normalized spacial score (nSPS) is 29.7. The summed E-state index contributed by atoms with van der Waals surface area (Å²) >= 11 is 0. The zero-order valence-electron chi connectivity index (χ0n) is 10.2. The summed E-state index contributed by atoms with van der Waals surface area (Å²) in [7, 11) is 0. The lowest BCUT2D eigenvalue weighted by atomic mass is 9.89. The smallest absolute Gasteiger partial charge is 0.222 e. The Bertz CT molecular complexity index is 248. The van der Waals surface area contributed by atoms with Crippen molar-refractivity contribution in [1.82, 2.24) is 10.6 Å². The average Bonchev–Trinajstić information content (AvgIpc) is 2.28. The van der Waals surface area contributed by atoms with Crippen molar-refractivity contribution in [2.24, 2.45) is 0 Å². The molecule has 1 heterocycles. The van der Waals surface area contributed by atoms with E-state index in [-0.39, 0.29) is 18.1 Å². The van der Waals surface area contributed by atoms with Gasteiger partial charge in [0.15, 0.2) is 0 Å². The molecule has 1 saturated carbocycles. The highest BCUT2D eigenvalue weighted by molar-refractivity contribution is 5.76. The number of aliphatic hydroxyl groups excluding tert-OH is 1. The molecule has 2 aliphatic rings. The van der Waals surface area contributed by atoms with Crippen LogP contribution in [-0.4, -0.2) is 49.0 Å². The fraction of sp³-hybridized carbons (Fsp3) is 0.917. The van der Waals surface area contributed by atoms with Gasteiger partial charge >= 0.3 is 0 Å². The number of aliphatic hydroxyl groups is 1. The molecule has 1 aliphatic carbocycles. The summed E-state index contributed by atoms with van der Waals surface area (Å²) in [6.07, 6.45) is 3.99. The van der Waals surface area contributed by atoms with E-state index in [2.05, 4.69) is 10.6 Å². The topological polar surface area (TPSA) is 70.6 Å². The van der Waals surface area contributed by atoms with Gasteiger partial charge in [0.25, 0.3) is 0 Å². The van der Waals surface area contributed by atoms with E-state index < -0.39 is 0 Å². The molecule has 1 amide bonds. The Morgan fingerprint density at radius 3 is 2.71 bits per heavy atom. The lowest BCUT2D eigenvalue weighted by Crippen LogP contribution is -2.47. The van der Waals surface area contributed by atoms with Crippen molar-refractivity contribution in [2.75, 3.05) is 19.7 Å². The highest BCUT2D eigenvalue weighted by Gasteiger charge is 2.28. The first-order valence-electron chi connectivity index (χ1n) is 6.54. The van der Waals surface area contributed by atoms with Gasteiger partial charge in [0, 0.05) is 12.5 Å². The van der Waals surface area contributed by atoms with Crippen LogP contribution in [0.1, 0.15) is 32.1 Å². The molecule has 5 heteroatoms. The van der Waals surface area contributed by atoms with Gasteiger partial charge in [-0.1, -0.05) is 0 Å². The molecule has 1 saturated heterocycles. The maximum absolute atomic E-state index is 11.5. The van der Waals surface area contributed by atoms with Crippen molar-refractivity contribution in [3.8, 4) is 0 Å². The summed E-state index contributed by atoms with van der Waals surface area (Å²) in [5.41, 5.74) is 0. The monoisotopic (exact) mass is 242 g/mol. The molecule has 98 valence electrons. The molecule has 0 radical (unpaired) electrons. The molecule has 17 heavy (non-hydrogen) atoms. The number of piperidine rings is 1. The molecule has 2 rings (SSSR count). The lowest BCUT2D eigenvalue weighted by Gasteiger charge is -2.32. The first-order valence-corrected chi connectivity index (χ1v) is 6.54. The third kappa shape index (κ3) is 4.26. The highest BCUT2D eigenvalue weighted by atomic mass is 16.5. The summed E-state index contributed by atoms with van der Waals surface area (Å²) in [4.78, 5) is 11.5. The molecule has 0 spiro atoms. The van der Waals surface area contributed by atoms with E-state index in [0.29, 0.717) is 32.0 Å². The molecule has 0 unspecified atom stereocenters. The quantitative estimate of drug-likeness (QED) is 0.623. The van der Waals surface area contributed by atoms with Crippen molar-refractivity contribution in [1.29, 1.82) is 0 Å². The third-order valence-corrected chi connectivity index (χ3v) is 3.45. The Morgan fingerprint density at radius 2 is 2.06 bits per heavy atom. The van der Waals surface area contributed by atoms with Crippen LogP contribution in [-0.2, 0) is 9.53 Å². The van der Waals surface area contributed by atoms with Gasteiger partial charge in [0.2, 0.25) is 5.91 Å². The van der Waals surface area contributed by atoms with Crippen LogP contribution < -0.4 is 10.6 Å². The summed E-state index contributed by atoms with van der Waals surface area (Å²) < 4.78 is 5.66. The van der Waals surface area contributed by atoms with Crippen LogP contribution in [0.25, 0.3) is 0 Å². The molecule has 2 fully saturated rings. The van der Waals surface area contributed by atoms with E-state index in [1.807, 2.05) is 0 Å². The summed E-state index contributed by atoms with van der Waals surface area (Å²) in [5.74, 6) is 0.0378. The minimum atomic E-state index is -0.216. The maximum Gasteiger partial charge on any atom is 0.222 e. The molecular formula is C12H22N2O3. The van der Waals surface area contributed by atoms with Crippen LogP contribution in [0.5, 0.6) is 0 Å². The third-order valence-electron chi connectivity index (χ3n) is 3.45. The first kappa shape index (κ1) is 12.8. The number of nitrogens with one attached hydrogen (secondary N) is 2. The van der Waals surface area contributed by atoms with E-state index in [4.69, 9.17) is 9.84 Å². The second-order valence-corrected chi connectivity index (χ2v) is 4.96. The van der Waals surface area contributed by atoms with Crippen molar-refractivity contribution in [2.45, 2.75) is 50.4 Å². The van der Waals surface area contributed by atoms with Gasteiger partial charge in [-0.15, -0.1) is 0 Å². The van der Waals surface area contributed by atoms with Gasteiger partial charge in [-0.05, 0) is 38.8 Å². The lowest BCUT2D eigenvalue weighted by molar-refractivity contribution is -0.124. The van der Waals surface area contributed by atoms with Crippen molar-refractivity contribution < 1.29 is 14.6 Å². The van der Waals surface area contributed by atoms with Crippen LogP contribution in [0.4, 0.5) is 0 Å². The van der Waals surface area contributed by atoms with E-state index in [9.17, 15) is 4.79 Å². The number of carbonyl (C=O) groups is 1. The molecular weight excluding hydrogens is 220 g/mol. The second-order valence-electron chi connectivity index (χ2n) is 4.96. The Balaban J connectivity index is 1.50. The molecule has 0 bridgehead atoms. The Morgan fingerprint density at radius 1 is 1.35 bits per heavy atom. The van der Waals surface area contributed by atoms with Crippen LogP contribution in [0.3, 0.4) is 0 Å². The molecule has 5 nitrogen and oxygen atoms in total. The predicted octanol–water partition coefficient (Wildman–Crippen LogP) is -0.215. The Labute approximate surface area is 102 Å². The number of rotatable bonds is 5. The number of carbonyl (C=O) groups excluding carboxylic acids is 1. The zero-order chi connectivity index (χ0) is 12.1. The van der Waals surface area contributed by atoms with Gasteiger partial charge < -0.3 is 20.5 Å². The van der Waals surface area contributed by atoms with Crippen molar-refractivity contribution in [3.63, 3.8) is 0 Å². The van der Waals surface area contributed by atoms with Crippen LogP contribution in [0.2, 0.25) is 0 Å². The number of hydrogen-bond donors (Lipinski definition) is 3. The maximum atomic E-state index is 11.5. The molecule has 0 aromatic rings. The van der Waals surface area contributed by atoms with Crippen LogP contribution >= 0.6 is 0 Å². The van der Waals surface area contributed by atoms with Crippen molar-refractivity contribution >= 4 is 5.91 Å². The number of ether oxygens (including phenoxy) is 1. The minimum Gasteiger partial charge on any atom is -0.393 e. The largest absolute Gasteiger partial charge is 0.393 e. The SMILES string of the molecule is O=C(CCOC1CCNCC1)NC1CC(O)C1. The fourth-order valence-corrected chi connectivity index (χ4v) is 2.29. The predicted molar refractivity (Wildman–Crippen MR) is 63.6 cm³/mol. The van der Waals surface area contributed by atoms with E-state index >= 15 is 0 Å². The average molecular weight is 242 g/mol. The van der Waals surface area contributed by atoms with Gasteiger partial charge in [-0.3, -0.25) is 4.79 Å². The summed E-state index contributed by atoms with van der Waals surface area (Å²) in [6.45, 7) is 2.53. The molecule has 0 aromatic heterocycles. The minimum absolute atomic E-state index is 0.0378. The van der Waals surface area contributed by atoms with E-state index in [0.717, 1.165) is 25.9 Å². The Hall–Kier alpha value is -0.650. The van der Waals surface area contributed by atoms with Gasteiger partial charge in [-0.2, -0.15) is 0 Å². The van der Waals surface area contributed by atoms with E-state index in [1.54, 1.807) is 0 Å².